The first-order chi connectivity index (χ1) is 32.6. The van der Waals surface area contributed by atoms with Crippen molar-refractivity contribution in [2.45, 2.75) is 31.5 Å². The molecular weight excluding hydrogens is 853 g/mol. The van der Waals surface area contributed by atoms with Crippen molar-refractivity contribution in [3.05, 3.63) is 167 Å². The van der Waals surface area contributed by atoms with E-state index in [0.717, 1.165) is 65.8 Å². The molecule has 0 bridgehead atoms. The van der Waals surface area contributed by atoms with E-state index in [1.54, 1.807) is 20.3 Å². The predicted octanol–water partition coefficient (Wildman–Crippen LogP) is 7.97. The lowest BCUT2D eigenvalue weighted by molar-refractivity contribution is 0.0921. The van der Waals surface area contributed by atoms with Crippen LogP contribution in [0.25, 0.3) is 22.3 Å². The number of aldehydes is 1. The van der Waals surface area contributed by atoms with E-state index in [9.17, 15) is 19.5 Å². The van der Waals surface area contributed by atoms with Gasteiger partial charge in [-0.3, -0.25) is 14.4 Å². The first-order valence-corrected chi connectivity index (χ1v) is 22.7. The maximum atomic E-state index is 13.4. The standard InChI is InChI=1S/C28H35N3O3.C28H33N3O3/c2*1-30(2)18-24(14-20-10-7-6-8-11-20)29-28(33)23-15-22(16-25(17-23)31(3)4)26-13-9-12-21(19-32)27(26)34-5/h6-13,15-17,24,32H,14,18-19H2,1-5H3,(H,29,33);6-13,15-17,19,24H,14,18H2,1-5H3,(H,29,33)/t2*24-/m00/s1. The zero-order valence-corrected chi connectivity index (χ0v) is 41.2. The van der Waals surface area contributed by atoms with Gasteiger partial charge in [0.05, 0.1) is 26.4 Å². The van der Waals surface area contributed by atoms with E-state index in [1.165, 1.54) is 11.1 Å². The number of hydrogen-bond acceptors (Lipinski definition) is 10. The summed E-state index contributed by atoms with van der Waals surface area (Å²) in [6, 6.07) is 42.9. The molecule has 0 unspecified atom stereocenters. The molecule has 2 atom stereocenters. The molecule has 68 heavy (non-hydrogen) atoms. The van der Waals surface area contributed by atoms with Gasteiger partial charge in [0.15, 0.2) is 6.29 Å². The van der Waals surface area contributed by atoms with E-state index < -0.39 is 0 Å². The Kier molecular flexibility index (Phi) is 19.3. The molecule has 3 N–H and O–H groups in total. The molecule has 2 amide bonds. The van der Waals surface area contributed by atoms with Crippen LogP contribution in [0.15, 0.2) is 133 Å². The maximum Gasteiger partial charge on any atom is 0.251 e. The minimum Gasteiger partial charge on any atom is -0.496 e. The van der Waals surface area contributed by atoms with Gasteiger partial charge in [0.2, 0.25) is 0 Å². The summed E-state index contributed by atoms with van der Waals surface area (Å²) in [4.78, 5) is 46.5. The van der Waals surface area contributed by atoms with Crippen LogP contribution in [-0.2, 0) is 19.4 Å². The van der Waals surface area contributed by atoms with Crippen LogP contribution in [0.4, 0.5) is 11.4 Å². The van der Waals surface area contributed by atoms with Gasteiger partial charge < -0.3 is 44.8 Å². The second-order valence-electron chi connectivity index (χ2n) is 17.8. The Morgan fingerprint density at radius 1 is 0.559 bits per heavy atom. The Bertz CT molecular complexity index is 2580. The number of carbonyl (C=O) groups is 3. The Morgan fingerprint density at radius 3 is 1.37 bits per heavy atom. The summed E-state index contributed by atoms with van der Waals surface area (Å²) >= 11 is 0. The molecule has 12 nitrogen and oxygen atoms in total. The number of hydrogen-bond donors (Lipinski definition) is 3. The fourth-order valence-electron chi connectivity index (χ4n) is 8.13. The molecule has 0 saturated carbocycles. The molecular formula is C56H68N6O6. The lowest BCUT2D eigenvalue weighted by atomic mass is 9.98. The van der Waals surface area contributed by atoms with Crippen molar-refractivity contribution in [2.75, 3.05) is 93.5 Å². The van der Waals surface area contributed by atoms with E-state index in [0.29, 0.717) is 33.8 Å². The second kappa shape index (κ2) is 25.2. The monoisotopic (exact) mass is 921 g/mol. The molecule has 0 heterocycles. The third-order valence-corrected chi connectivity index (χ3v) is 11.4. The van der Waals surface area contributed by atoms with Crippen LogP contribution >= 0.6 is 0 Å². The molecule has 0 aliphatic carbocycles. The Labute approximate surface area is 403 Å². The van der Waals surface area contributed by atoms with Gasteiger partial charge in [-0.15, -0.1) is 0 Å². The number of nitrogens with one attached hydrogen (secondary N) is 2. The molecule has 6 aromatic rings. The Hall–Kier alpha value is -6.99. The number of aliphatic hydroxyl groups is 1. The molecule has 0 aromatic heterocycles. The molecule has 0 aliphatic rings. The van der Waals surface area contributed by atoms with Crippen molar-refractivity contribution in [3.8, 4) is 33.8 Å². The van der Waals surface area contributed by atoms with E-state index in [2.05, 4.69) is 44.7 Å². The van der Waals surface area contributed by atoms with Crippen LogP contribution in [0.1, 0.15) is 47.8 Å². The van der Waals surface area contributed by atoms with Crippen LogP contribution in [-0.4, -0.2) is 129 Å². The van der Waals surface area contributed by atoms with Crippen molar-refractivity contribution in [1.29, 1.82) is 0 Å². The minimum atomic E-state index is -0.141. The van der Waals surface area contributed by atoms with Crippen LogP contribution in [0.3, 0.4) is 0 Å². The van der Waals surface area contributed by atoms with Gasteiger partial charge in [-0.05, 0) is 106 Å². The molecule has 0 aliphatic heterocycles. The van der Waals surface area contributed by atoms with Crippen LogP contribution in [0.5, 0.6) is 11.5 Å². The molecule has 0 fully saturated rings. The second-order valence-corrected chi connectivity index (χ2v) is 17.8. The number of methoxy groups -OCH3 is 2. The predicted molar refractivity (Wildman–Crippen MR) is 277 cm³/mol. The van der Waals surface area contributed by atoms with Crippen LogP contribution in [0, 0.1) is 0 Å². The van der Waals surface area contributed by atoms with Gasteiger partial charge in [0.25, 0.3) is 11.8 Å². The van der Waals surface area contributed by atoms with Crippen LogP contribution < -0.4 is 29.9 Å². The van der Waals surface area contributed by atoms with Crippen molar-refractivity contribution in [2.24, 2.45) is 0 Å². The van der Waals surface area contributed by atoms with E-state index in [4.69, 9.17) is 9.47 Å². The quantitative estimate of drug-likeness (QED) is 0.0650. The van der Waals surface area contributed by atoms with Gasteiger partial charge in [-0.1, -0.05) is 91.0 Å². The highest BCUT2D eigenvalue weighted by Gasteiger charge is 2.21. The smallest absolute Gasteiger partial charge is 0.251 e. The average Bonchev–Trinajstić information content (AvgIpc) is 3.33. The number of carbonyl (C=O) groups excluding carboxylic acids is 3. The molecule has 0 spiro atoms. The molecule has 12 heteroatoms. The number of likely N-dealkylation sites (N-methyl/N-ethyl adjacent to an activating group) is 2. The fourth-order valence-corrected chi connectivity index (χ4v) is 8.13. The Balaban J connectivity index is 0.000000254. The highest BCUT2D eigenvalue weighted by molar-refractivity contribution is 5.98. The van der Waals surface area contributed by atoms with Crippen LogP contribution in [0.2, 0.25) is 0 Å². The maximum absolute atomic E-state index is 13.4. The highest BCUT2D eigenvalue weighted by Crippen LogP contribution is 2.37. The molecule has 0 saturated heterocycles. The largest absolute Gasteiger partial charge is 0.496 e. The number of ether oxygens (including phenoxy) is 2. The van der Waals surface area contributed by atoms with E-state index in [1.807, 2.05) is 169 Å². The van der Waals surface area contributed by atoms with Gasteiger partial charge >= 0.3 is 0 Å². The summed E-state index contributed by atoms with van der Waals surface area (Å²) in [7, 11) is 18.9. The normalized spacial score (nSPS) is 11.8. The number of amides is 2. The zero-order chi connectivity index (χ0) is 49.3. The fraction of sp³-hybridized carbons (Fsp3) is 0.304. The van der Waals surface area contributed by atoms with Gasteiger partial charge in [0, 0.05) is 92.6 Å². The number of rotatable bonds is 20. The number of aliphatic hydroxyl groups excluding tert-OH is 1. The summed E-state index contributed by atoms with van der Waals surface area (Å²) < 4.78 is 11.2. The SMILES string of the molecule is COc1c(C=O)cccc1-c1cc(C(=O)N[C@@H](Cc2ccccc2)CN(C)C)cc(N(C)C)c1.COc1c(CO)cccc1-c1cc(C(=O)N[C@@H](Cc2ccccc2)CN(C)C)cc(N(C)C)c1. The van der Waals surface area contributed by atoms with Gasteiger partial charge in [-0.25, -0.2) is 0 Å². The number of para-hydroxylation sites is 2. The summed E-state index contributed by atoms with van der Waals surface area (Å²) in [6.07, 6.45) is 2.26. The average molecular weight is 921 g/mol. The van der Waals surface area contributed by atoms with Crippen molar-refractivity contribution in [1.82, 2.24) is 20.4 Å². The summed E-state index contributed by atoms with van der Waals surface area (Å²) in [5.74, 6) is 0.847. The lowest BCUT2D eigenvalue weighted by Gasteiger charge is -2.23. The Morgan fingerprint density at radius 2 is 0.985 bits per heavy atom. The topological polar surface area (TPSA) is 127 Å². The van der Waals surface area contributed by atoms with Gasteiger partial charge in [0.1, 0.15) is 11.5 Å². The molecule has 0 radical (unpaired) electrons. The number of benzene rings is 6. The highest BCUT2D eigenvalue weighted by atomic mass is 16.5. The first kappa shape index (κ1) is 52.0. The minimum absolute atomic E-state index is 0.0383. The third kappa shape index (κ3) is 14.5. The molecule has 6 aromatic carbocycles. The van der Waals surface area contributed by atoms with Gasteiger partial charge in [-0.2, -0.15) is 0 Å². The number of nitrogens with zero attached hydrogens (tertiary/aromatic N) is 4. The number of anilines is 2. The summed E-state index contributed by atoms with van der Waals surface area (Å²) in [6.45, 7) is 1.33. The lowest BCUT2D eigenvalue weighted by Crippen LogP contribution is -2.43. The summed E-state index contributed by atoms with van der Waals surface area (Å²) in [5, 5.41) is 16.2. The molecule has 6 rings (SSSR count). The first-order valence-electron chi connectivity index (χ1n) is 22.7. The van der Waals surface area contributed by atoms with Crippen molar-refractivity contribution < 1.29 is 29.0 Å². The van der Waals surface area contributed by atoms with Crippen molar-refractivity contribution >= 4 is 29.5 Å². The van der Waals surface area contributed by atoms with E-state index in [-0.39, 0.29) is 30.5 Å². The summed E-state index contributed by atoms with van der Waals surface area (Å²) in [5.41, 5.74) is 9.71. The van der Waals surface area contributed by atoms with Crippen molar-refractivity contribution in [3.63, 3.8) is 0 Å². The zero-order valence-electron chi connectivity index (χ0n) is 41.2. The van der Waals surface area contributed by atoms with E-state index >= 15 is 0 Å². The third-order valence-electron chi connectivity index (χ3n) is 11.4. The molecule has 358 valence electrons.